The molecule has 5 nitrogen and oxygen atoms in total. The molecule has 1 saturated heterocycles. The van der Waals surface area contributed by atoms with Crippen LogP contribution in [0.1, 0.15) is 13.8 Å². The van der Waals surface area contributed by atoms with Gasteiger partial charge in [0.15, 0.2) is 0 Å². The van der Waals surface area contributed by atoms with Gasteiger partial charge in [0.05, 0.1) is 0 Å². The number of carbonyl (C=O) groups excluding carboxylic acids is 2. The summed E-state index contributed by atoms with van der Waals surface area (Å²) in [5.74, 6) is -0.959. The quantitative estimate of drug-likeness (QED) is 0.394. The highest BCUT2D eigenvalue weighted by Gasteiger charge is 2.39. The summed E-state index contributed by atoms with van der Waals surface area (Å²) < 4.78 is 0. The Kier molecular flexibility index (Phi) is 1.60. The van der Waals surface area contributed by atoms with Crippen LogP contribution < -0.4 is 10.6 Å². The van der Waals surface area contributed by atoms with Crippen molar-refractivity contribution >= 4 is 11.8 Å². The number of piperazine rings is 1. The summed E-state index contributed by atoms with van der Waals surface area (Å²) in [6.45, 7) is 2.77. The number of rotatable bonds is 0. The van der Waals surface area contributed by atoms with E-state index in [1.165, 1.54) is 6.92 Å². The van der Waals surface area contributed by atoms with Gasteiger partial charge >= 0.3 is 0 Å². The minimum Gasteiger partial charge on any atom is -0.363 e. The van der Waals surface area contributed by atoms with Gasteiger partial charge < -0.3 is 15.7 Å². The number of amides is 2. The molecule has 2 atom stereocenters. The molecule has 62 valence electrons. The summed E-state index contributed by atoms with van der Waals surface area (Å²) in [6, 6.07) is -0.567. The van der Waals surface area contributed by atoms with Crippen molar-refractivity contribution < 1.29 is 14.7 Å². The van der Waals surface area contributed by atoms with Crippen LogP contribution in [0.4, 0.5) is 0 Å². The predicted molar refractivity (Wildman–Crippen MR) is 36.4 cm³/mol. The van der Waals surface area contributed by atoms with Crippen molar-refractivity contribution in [3.8, 4) is 0 Å². The Labute approximate surface area is 63.8 Å². The van der Waals surface area contributed by atoms with Crippen LogP contribution in [-0.4, -0.2) is 28.7 Å². The Balaban J connectivity index is 2.79. The Morgan fingerprint density at radius 1 is 1.55 bits per heavy atom. The van der Waals surface area contributed by atoms with Crippen molar-refractivity contribution in [1.29, 1.82) is 0 Å². The molecule has 0 spiro atoms. The zero-order valence-electron chi connectivity index (χ0n) is 6.34. The molecule has 2 amide bonds. The van der Waals surface area contributed by atoms with Crippen molar-refractivity contribution in [2.24, 2.45) is 0 Å². The topological polar surface area (TPSA) is 78.4 Å². The molecule has 0 aromatic carbocycles. The SMILES string of the molecule is C[C@H]1NC(=O)[C@](C)(O)NC1=O. The highest BCUT2D eigenvalue weighted by Crippen LogP contribution is 2.04. The molecule has 11 heavy (non-hydrogen) atoms. The van der Waals surface area contributed by atoms with E-state index in [4.69, 9.17) is 0 Å². The van der Waals surface area contributed by atoms with Crippen LogP contribution in [0.3, 0.4) is 0 Å². The van der Waals surface area contributed by atoms with Gasteiger partial charge in [0, 0.05) is 0 Å². The molecule has 5 heteroatoms. The second-order valence-corrected chi connectivity index (χ2v) is 2.76. The van der Waals surface area contributed by atoms with Crippen LogP contribution in [0.25, 0.3) is 0 Å². The molecule has 0 saturated carbocycles. The summed E-state index contributed by atoms with van der Waals surface area (Å²) in [5, 5.41) is 13.7. The van der Waals surface area contributed by atoms with E-state index in [1.807, 2.05) is 0 Å². The average Bonchev–Trinajstić information content (AvgIpc) is 1.83. The molecule has 0 radical (unpaired) electrons. The lowest BCUT2D eigenvalue weighted by Crippen LogP contribution is -2.67. The maximum atomic E-state index is 10.9. The lowest BCUT2D eigenvalue weighted by Gasteiger charge is -2.31. The Morgan fingerprint density at radius 3 is 2.55 bits per heavy atom. The van der Waals surface area contributed by atoms with E-state index >= 15 is 0 Å². The van der Waals surface area contributed by atoms with E-state index in [2.05, 4.69) is 10.6 Å². The molecule has 1 heterocycles. The van der Waals surface area contributed by atoms with E-state index in [9.17, 15) is 14.7 Å². The molecule has 0 bridgehead atoms. The molecule has 1 aliphatic rings. The minimum atomic E-state index is -1.76. The normalized spacial score (nSPS) is 37.9. The van der Waals surface area contributed by atoms with Crippen LogP contribution in [0.5, 0.6) is 0 Å². The summed E-state index contributed by atoms with van der Waals surface area (Å²) >= 11 is 0. The average molecular weight is 158 g/mol. The smallest absolute Gasteiger partial charge is 0.273 e. The van der Waals surface area contributed by atoms with Gasteiger partial charge in [0.25, 0.3) is 5.91 Å². The van der Waals surface area contributed by atoms with Gasteiger partial charge in [-0.3, -0.25) is 9.59 Å². The third-order valence-electron chi connectivity index (χ3n) is 1.55. The zero-order valence-corrected chi connectivity index (χ0v) is 6.34. The molecule has 0 aliphatic carbocycles. The van der Waals surface area contributed by atoms with Crippen molar-refractivity contribution in [3.63, 3.8) is 0 Å². The van der Waals surface area contributed by atoms with Crippen molar-refractivity contribution in [2.45, 2.75) is 25.6 Å². The molecule has 1 rings (SSSR count). The van der Waals surface area contributed by atoms with Crippen LogP contribution in [0, 0.1) is 0 Å². The zero-order chi connectivity index (χ0) is 8.65. The van der Waals surface area contributed by atoms with E-state index < -0.39 is 17.7 Å². The Bertz CT molecular complexity index is 212. The van der Waals surface area contributed by atoms with Crippen molar-refractivity contribution in [2.75, 3.05) is 0 Å². The van der Waals surface area contributed by atoms with Crippen LogP contribution in [-0.2, 0) is 9.59 Å². The Hall–Kier alpha value is -1.10. The molecule has 0 unspecified atom stereocenters. The van der Waals surface area contributed by atoms with E-state index in [0.717, 1.165) is 0 Å². The first-order valence-electron chi connectivity index (χ1n) is 3.29. The lowest BCUT2D eigenvalue weighted by molar-refractivity contribution is -0.154. The Morgan fingerprint density at radius 2 is 2.09 bits per heavy atom. The van der Waals surface area contributed by atoms with Crippen LogP contribution in [0.15, 0.2) is 0 Å². The van der Waals surface area contributed by atoms with Crippen molar-refractivity contribution in [1.82, 2.24) is 10.6 Å². The molecule has 1 aliphatic heterocycles. The number of nitrogens with one attached hydrogen (secondary N) is 2. The molecule has 3 N–H and O–H groups in total. The monoisotopic (exact) mass is 158 g/mol. The fourth-order valence-corrected chi connectivity index (χ4v) is 0.808. The van der Waals surface area contributed by atoms with Crippen LogP contribution in [0.2, 0.25) is 0 Å². The lowest BCUT2D eigenvalue weighted by atomic mass is 10.1. The van der Waals surface area contributed by atoms with E-state index in [-0.39, 0.29) is 5.91 Å². The molecule has 0 aromatic rings. The highest BCUT2D eigenvalue weighted by molar-refractivity contribution is 5.98. The summed E-state index contributed by atoms with van der Waals surface area (Å²) in [7, 11) is 0. The summed E-state index contributed by atoms with van der Waals surface area (Å²) in [4.78, 5) is 21.8. The fraction of sp³-hybridized carbons (Fsp3) is 0.667. The maximum absolute atomic E-state index is 10.9. The number of aliphatic hydroxyl groups is 1. The molecular weight excluding hydrogens is 148 g/mol. The summed E-state index contributed by atoms with van der Waals surface area (Å²) in [6.07, 6.45) is 0. The van der Waals surface area contributed by atoms with E-state index in [0.29, 0.717) is 0 Å². The first kappa shape index (κ1) is 8.00. The van der Waals surface area contributed by atoms with Gasteiger partial charge in [-0.05, 0) is 13.8 Å². The molecular formula is C6H10N2O3. The number of carbonyl (C=O) groups is 2. The minimum absolute atomic E-state index is 0.380. The van der Waals surface area contributed by atoms with Gasteiger partial charge in [-0.25, -0.2) is 0 Å². The fourth-order valence-electron chi connectivity index (χ4n) is 0.808. The second kappa shape index (κ2) is 2.20. The van der Waals surface area contributed by atoms with Gasteiger partial charge in [-0.15, -0.1) is 0 Å². The molecule has 0 aromatic heterocycles. The third kappa shape index (κ3) is 1.32. The maximum Gasteiger partial charge on any atom is 0.273 e. The third-order valence-corrected chi connectivity index (χ3v) is 1.55. The van der Waals surface area contributed by atoms with Crippen LogP contribution >= 0.6 is 0 Å². The largest absolute Gasteiger partial charge is 0.363 e. The standard InChI is InChI=1S/C6H10N2O3/c1-3-4(9)8-6(2,11)5(10)7-3/h3,11H,1-2H3,(H,7,10)(H,8,9)/t3-,6+/m1/s1. The number of hydrogen-bond donors (Lipinski definition) is 3. The predicted octanol–water partition coefficient (Wildman–Crippen LogP) is -1.67. The number of hydrogen-bond acceptors (Lipinski definition) is 3. The molecule has 1 fully saturated rings. The van der Waals surface area contributed by atoms with Gasteiger partial charge in [-0.1, -0.05) is 0 Å². The van der Waals surface area contributed by atoms with Crippen molar-refractivity contribution in [3.05, 3.63) is 0 Å². The summed E-state index contributed by atoms with van der Waals surface area (Å²) in [5.41, 5.74) is -1.76. The first-order valence-corrected chi connectivity index (χ1v) is 3.29. The van der Waals surface area contributed by atoms with Gasteiger partial charge in [-0.2, -0.15) is 0 Å². The first-order chi connectivity index (χ1) is 4.93. The van der Waals surface area contributed by atoms with Gasteiger partial charge in [0.2, 0.25) is 11.6 Å². The highest BCUT2D eigenvalue weighted by atomic mass is 16.3. The van der Waals surface area contributed by atoms with Gasteiger partial charge in [0.1, 0.15) is 6.04 Å². The second-order valence-electron chi connectivity index (χ2n) is 2.76. The van der Waals surface area contributed by atoms with E-state index in [1.54, 1.807) is 6.92 Å².